The van der Waals surface area contributed by atoms with Crippen molar-refractivity contribution in [2.75, 3.05) is 58.9 Å². The first-order valence-electron chi connectivity index (χ1n) is 37.5. The molecule has 0 unspecified atom stereocenters. The van der Waals surface area contributed by atoms with Gasteiger partial charge in [-0.15, -0.1) is 0 Å². The van der Waals surface area contributed by atoms with Gasteiger partial charge in [0, 0.05) is 75.0 Å². The Kier molecular flexibility index (Phi) is 33.1. The second kappa shape index (κ2) is 42.9. The molecule has 0 saturated heterocycles. The molecule has 12 amide bonds. The monoisotopic (exact) mass is 1580 g/mol. The Morgan fingerprint density at radius 1 is 0.452 bits per heavy atom. The maximum Gasteiger partial charge on any atom is 0.255 e. The van der Waals surface area contributed by atoms with E-state index in [9.17, 15) is 57.5 Å². The highest BCUT2D eigenvalue weighted by molar-refractivity contribution is 6.07. The molecule has 7 atom stereocenters. The van der Waals surface area contributed by atoms with Crippen LogP contribution in [0.5, 0.6) is 11.5 Å². The van der Waals surface area contributed by atoms with Crippen LogP contribution in [0, 0.1) is 11.8 Å². The first-order chi connectivity index (χ1) is 54.8. The van der Waals surface area contributed by atoms with Gasteiger partial charge in [0.2, 0.25) is 53.2 Å². The van der Waals surface area contributed by atoms with E-state index in [2.05, 4.69) is 63.2 Å². The molecule has 0 fully saturated rings. The number of rotatable bonds is 20. The number of amides is 12. The highest BCUT2D eigenvalue weighted by atomic mass is 16.5. The summed E-state index contributed by atoms with van der Waals surface area (Å²) in [6, 6.07) is 23.1. The normalized spacial score (nSPS) is 18.1. The van der Waals surface area contributed by atoms with Crippen molar-refractivity contribution in [2.24, 2.45) is 67.7 Å². The van der Waals surface area contributed by atoms with Crippen LogP contribution in [-0.4, -0.2) is 139 Å². The molecule has 36 heteroatoms. The van der Waals surface area contributed by atoms with Gasteiger partial charge in [-0.3, -0.25) is 62.5 Å². The van der Waals surface area contributed by atoms with Crippen molar-refractivity contribution in [3.8, 4) is 11.5 Å². The van der Waals surface area contributed by atoms with Crippen molar-refractivity contribution in [3.05, 3.63) is 159 Å². The zero-order valence-corrected chi connectivity index (χ0v) is 64.8. The second-order valence-corrected chi connectivity index (χ2v) is 27.7. The van der Waals surface area contributed by atoms with Crippen molar-refractivity contribution < 1.29 is 67.0 Å². The minimum absolute atomic E-state index is 0.0247. The molecule has 3 aliphatic heterocycles. The molecule has 3 aliphatic rings. The van der Waals surface area contributed by atoms with Crippen LogP contribution in [0.3, 0.4) is 0 Å². The van der Waals surface area contributed by atoms with Crippen LogP contribution in [0.15, 0.2) is 119 Å². The molecule has 0 bridgehead atoms. The number of guanidine groups is 1. The van der Waals surface area contributed by atoms with Crippen molar-refractivity contribution in [2.45, 2.75) is 149 Å². The number of fused-ring (bicyclic) bond motifs is 6. The minimum atomic E-state index is -0.971. The number of carbonyl (C=O) groups excluding carboxylic acids is 12. The maximum absolute atomic E-state index is 13.6. The van der Waals surface area contributed by atoms with E-state index >= 15 is 0 Å². The lowest BCUT2D eigenvalue weighted by Crippen LogP contribution is -2.55. The summed E-state index contributed by atoms with van der Waals surface area (Å²) in [6.45, 7) is 10.1. The molecule has 0 aromatic heterocycles. The van der Waals surface area contributed by atoms with Gasteiger partial charge in [0.25, 0.3) is 17.7 Å². The van der Waals surface area contributed by atoms with E-state index in [1.807, 2.05) is 27.7 Å². The highest BCUT2D eigenvalue weighted by Gasteiger charge is 2.35. The van der Waals surface area contributed by atoms with Crippen LogP contribution in [-0.2, 0) is 48.5 Å². The van der Waals surface area contributed by atoms with Gasteiger partial charge in [-0.2, -0.15) is 0 Å². The van der Waals surface area contributed by atoms with Crippen LogP contribution >= 0.6 is 0 Å². The number of nitrogens with one attached hydrogen (secondary N) is 10. The lowest BCUT2D eigenvalue weighted by atomic mass is 9.96. The van der Waals surface area contributed by atoms with Crippen molar-refractivity contribution in [3.63, 3.8) is 0 Å². The average molecular weight is 1590 g/mol. The summed E-state index contributed by atoms with van der Waals surface area (Å²) < 4.78 is 11.8. The fraction of sp³-hybridized carbons (Fsp3) is 0.367. The fourth-order valence-corrected chi connectivity index (χ4v) is 12.1. The van der Waals surface area contributed by atoms with E-state index < -0.39 is 101 Å². The smallest absolute Gasteiger partial charge is 0.255 e. The second-order valence-electron chi connectivity index (χ2n) is 27.7. The SMILES string of the molecule is CC[C@H](C)[C@@H]1NC(=O)c2cc(N)ccc2OCc2ccc(C(N)=O)cc2NC(=O)[C@H](CCCN=C(C)N)NC1=O.CC[C@H](C)[C@@H]1NC(=O)c2cc(N=C(N)N)ccc2NCc2ccc(C(N)=O)cc2NC(=O)[C@H](CCCCN)NC1=O.NCCCC[C@@H]1NC(=O)CNC(=O)c2cc(N)ccc2OCc2ccc(C(N)=O)cc2NC1=O. The van der Waals surface area contributed by atoms with Gasteiger partial charge in [-0.25, -0.2) is 4.99 Å². The van der Waals surface area contributed by atoms with Crippen LogP contribution in [0.4, 0.5) is 39.8 Å². The standard InChI is InChI=1S/C28H39N9O4.C28H37N7O5.C23H28N6O5/c1-3-15(2)23-27(41)35-21(6-4-5-11-29)26(40)36-22-12-16(24(30)38)7-8-17(22)14-33-20-10-9-18(34-28(31)32)13-19(20)25(39)37-23;1-4-15(2)24-28(39)33-21(6-5-11-32-16(3)29)27(38)34-22-12-17(25(31)36)7-8-18(22)14-40-23-10-9-19(30)13-20(23)26(37)35-24;24-8-2-1-3-17-23(33)29-18-9-13(21(26)31)4-5-14(18)12-34-19-7-6-15(25)10-16(19)22(32)27-11-20(30)28-17/h7-10,12-13,15,21,23,33H,3-6,11,14,29H2,1-2H3,(H2,30,38)(H,35,41)(H,36,40)(H,37,39)(H4,31,32,34);7-10,12-13,15,21,24H,4-6,11,14,30H2,1-3H3,(H2,29,32)(H2,31,36)(H,33,39)(H,34,38)(H,35,37);4-7,9-10,17H,1-3,8,11-12,24-25H2,(H2,26,31)(H,27,32)(H,28,30)(H,29,33)/t15-,21-,23-;15-,21-,24-;17-/m000/s1. The molecular weight excluding hydrogens is 1480 g/mol. The molecule has 614 valence electrons. The Bertz CT molecular complexity index is 4640. The predicted octanol–water partition coefficient (Wildman–Crippen LogP) is 2.94. The Morgan fingerprint density at radius 3 is 1.31 bits per heavy atom. The lowest BCUT2D eigenvalue weighted by molar-refractivity contribution is -0.128. The zero-order valence-electron chi connectivity index (χ0n) is 64.8. The summed E-state index contributed by atoms with van der Waals surface area (Å²) in [4.78, 5) is 163. The molecule has 36 nitrogen and oxygen atoms in total. The van der Waals surface area contributed by atoms with Crippen molar-refractivity contribution >= 4 is 122 Å². The van der Waals surface area contributed by atoms with Crippen LogP contribution < -0.4 is 120 Å². The Labute approximate surface area is 664 Å². The average Bonchev–Trinajstić information content (AvgIpc) is 0.818. The molecule has 9 rings (SSSR count). The lowest BCUT2D eigenvalue weighted by Gasteiger charge is -2.28. The van der Waals surface area contributed by atoms with Crippen LogP contribution in [0.2, 0.25) is 0 Å². The van der Waals surface area contributed by atoms with Gasteiger partial charge in [0.05, 0.1) is 34.8 Å². The Balaban J connectivity index is 0.000000240. The number of benzene rings is 6. The molecule has 6 aromatic rings. The van der Waals surface area contributed by atoms with E-state index in [-0.39, 0.29) is 101 Å². The third-order valence-corrected chi connectivity index (χ3v) is 19.0. The molecule has 0 radical (unpaired) electrons. The number of nitrogens with zero attached hydrogens (tertiary/aromatic N) is 2. The molecular formula is C79H104N22O14. The van der Waals surface area contributed by atoms with Gasteiger partial charge in [-0.05, 0) is 180 Å². The molecule has 3 heterocycles. The van der Waals surface area contributed by atoms with E-state index in [4.69, 9.17) is 66.8 Å². The number of hydrogen-bond acceptors (Lipinski definition) is 21. The highest BCUT2D eigenvalue weighted by Crippen LogP contribution is 2.31. The Morgan fingerprint density at radius 2 is 0.878 bits per heavy atom. The van der Waals surface area contributed by atoms with E-state index in [0.717, 1.165) is 0 Å². The van der Waals surface area contributed by atoms with E-state index in [1.54, 1.807) is 67.6 Å². The molecule has 0 saturated carbocycles. The van der Waals surface area contributed by atoms with Gasteiger partial charge in [0.15, 0.2) is 5.96 Å². The van der Waals surface area contributed by atoms with Gasteiger partial charge in [-0.1, -0.05) is 58.7 Å². The van der Waals surface area contributed by atoms with Gasteiger partial charge >= 0.3 is 0 Å². The number of amidine groups is 1. The summed E-state index contributed by atoms with van der Waals surface area (Å²) >= 11 is 0. The van der Waals surface area contributed by atoms with Gasteiger partial charge in [0.1, 0.15) is 54.9 Å². The minimum Gasteiger partial charge on any atom is -0.488 e. The molecule has 0 spiro atoms. The predicted molar refractivity (Wildman–Crippen MR) is 437 cm³/mol. The number of carbonyl (C=O) groups is 12. The van der Waals surface area contributed by atoms with Gasteiger partial charge < -0.3 is 120 Å². The molecule has 115 heavy (non-hydrogen) atoms. The fourth-order valence-electron chi connectivity index (χ4n) is 12.1. The number of nitrogens with two attached hydrogens (primary N) is 10. The number of hydrogen-bond donors (Lipinski definition) is 20. The summed E-state index contributed by atoms with van der Waals surface area (Å²) in [7, 11) is 0. The number of nitrogen functional groups attached to an aromatic ring is 2. The third kappa shape index (κ3) is 26.1. The number of ether oxygens (including phenoxy) is 2. The topological polar surface area (TPSA) is 629 Å². The van der Waals surface area contributed by atoms with Crippen LogP contribution in [0.1, 0.15) is 178 Å². The number of unbranched alkanes of at least 4 members (excludes halogenated alkanes) is 2. The number of aliphatic imine (C=N–C) groups is 2. The van der Waals surface area contributed by atoms with Crippen LogP contribution in [0.25, 0.3) is 0 Å². The van der Waals surface area contributed by atoms with Crippen molar-refractivity contribution in [1.29, 1.82) is 0 Å². The third-order valence-electron chi connectivity index (χ3n) is 19.0. The number of primary amides is 3. The number of anilines is 6. The maximum atomic E-state index is 13.6. The largest absolute Gasteiger partial charge is 0.488 e. The zero-order chi connectivity index (χ0) is 84.2. The quantitative estimate of drug-likeness (QED) is 0.0226. The summed E-state index contributed by atoms with van der Waals surface area (Å²) in [5.74, 6) is -6.44. The van der Waals surface area contributed by atoms with E-state index in [0.29, 0.717) is 134 Å². The molecule has 30 N–H and O–H groups in total. The first-order valence-corrected chi connectivity index (χ1v) is 37.5. The molecule has 6 aromatic carbocycles. The first kappa shape index (κ1) is 88.8. The summed E-state index contributed by atoms with van der Waals surface area (Å²) in [6.07, 6.45) is 5.06. The summed E-state index contributed by atoms with van der Waals surface area (Å²) in [5.41, 5.74) is 61.2. The summed E-state index contributed by atoms with van der Waals surface area (Å²) in [5, 5.41) is 28.1. The Hall–Kier alpha value is -13.4. The van der Waals surface area contributed by atoms with Crippen molar-refractivity contribution in [1.82, 2.24) is 31.9 Å². The van der Waals surface area contributed by atoms with E-state index in [1.165, 1.54) is 48.5 Å². The molecule has 0 aliphatic carbocycles.